The molecule has 2 aliphatic rings. The largest absolute Gasteiger partial charge is 0.495 e. The highest BCUT2D eigenvalue weighted by Gasteiger charge is 2.29. The second-order valence-electron chi connectivity index (χ2n) is 5.76. The van der Waals surface area contributed by atoms with E-state index in [0.29, 0.717) is 6.04 Å². The molecule has 0 spiro atoms. The second-order valence-corrected chi connectivity index (χ2v) is 6.15. The molecule has 1 heterocycles. The fourth-order valence-electron chi connectivity index (χ4n) is 3.29. The number of para-hydroxylation sites is 2. The first-order valence-electron chi connectivity index (χ1n) is 7.72. The van der Waals surface area contributed by atoms with Gasteiger partial charge in [0, 0.05) is 6.04 Å². The van der Waals surface area contributed by atoms with Gasteiger partial charge in [0.25, 0.3) is 0 Å². The van der Waals surface area contributed by atoms with Gasteiger partial charge in [-0.05, 0) is 37.2 Å². The van der Waals surface area contributed by atoms with Crippen molar-refractivity contribution in [2.75, 3.05) is 25.3 Å². The summed E-state index contributed by atoms with van der Waals surface area (Å²) >= 11 is 5.50. The number of nitrogens with one attached hydrogen (secondary N) is 1. The van der Waals surface area contributed by atoms with Crippen molar-refractivity contribution in [2.24, 2.45) is 0 Å². The molecular weight excluding hydrogens is 282 g/mol. The number of anilines is 1. The predicted octanol–water partition coefficient (Wildman–Crippen LogP) is 2.94. The molecule has 0 radical (unpaired) electrons. The minimum absolute atomic E-state index is 0.673. The molecule has 2 fully saturated rings. The van der Waals surface area contributed by atoms with E-state index in [4.69, 9.17) is 17.0 Å². The third kappa shape index (κ3) is 3.14. The zero-order valence-corrected chi connectivity index (χ0v) is 13.4. The Morgan fingerprint density at radius 2 is 1.95 bits per heavy atom. The lowest BCUT2D eigenvalue weighted by Crippen LogP contribution is -2.59. The van der Waals surface area contributed by atoms with Crippen LogP contribution in [0.3, 0.4) is 0 Å². The summed E-state index contributed by atoms with van der Waals surface area (Å²) in [6.07, 6.45) is 6.68. The van der Waals surface area contributed by atoms with Crippen LogP contribution in [0.1, 0.15) is 32.1 Å². The summed E-state index contributed by atoms with van der Waals surface area (Å²) in [6.45, 7) is 1.70. The van der Waals surface area contributed by atoms with Gasteiger partial charge in [-0.1, -0.05) is 31.4 Å². The number of thiocarbonyl (C=S) groups is 1. The number of benzene rings is 1. The summed E-state index contributed by atoms with van der Waals surface area (Å²) in [7, 11) is 1.71. The monoisotopic (exact) mass is 305 g/mol. The number of ether oxygens (including phenoxy) is 1. The van der Waals surface area contributed by atoms with Gasteiger partial charge in [-0.3, -0.25) is 4.90 Å². The van der Waals surface area contributed by atoms with E-state index in [1.165, 1.54) is 32.1 Å². The van der Waals surface area contributed by atoms with Crippen LogP contribution >= 0.6 is 12.2 Å². The van der Waals surface area contributed by atoms with E-state index in [1.54, 1.807) is 7.11 Å². The van der Waals surface area contributed by atoms with Gasteiger partial charge in [0.1, 0.15) is 5.75 Å². The zero-order chi connectivity index (χ0) is 14.7. The molecule has 1 aliphatic carbocycles. The van der Waals surface area contributed by atoms with Gasteiger partial charge in [-0.15, -0.1) is 0 Å². The molecule has 3 rings (SSSR count). The van der Waals surface area contributed by atoms with Crippen molar-refractivity contribution >= 4 is 23.0 Å². The Hall–Kier alpha value is -1.33. The standard InChI is InChI=1S/C16H23N3OS/c1-20-15-10-6-5-9-14(15)19-12-18(11-17-16(19)21)13-7-3-2-4-8-13/h5-6,9-10,13H,2-4,7-8,11-12H2,1H3,(H,17,21). The highest BCUT2D eigenvalue weighted by molar-refractivity contribution is 7.80. The van der Waals surface area contributed by atoms with Crippen LogP contribution in [0.2, 0.25) is 0 Å². The van der Waals surface area contributed by atoms with E-state index < -0.39 is 0 Å². The number of rotatable bonds is 3. The number of hydrogen-bond acceptors (Lipinski definition) is 3. The lowest BCUT2D eigenvalue weighted by Gasteiger charge is -2.43. The van der Waals surface area contributed by atoms with Crippen LogP contribution in [0.5, 0.6) is 5.75 Å². The van der Waals surface area contributed by atoms with Crippen molar-refractivity contribution in [3.63, 3.8) is 0 Å². The topological polar surface area (TPSA) is 27.7 Å². The fraction of sp³-hybridized carbons (Fsp3) is 0.562. The minimum Gasteiger partial charge on any atom is -0.495 e. The van der Waals surface area contributed by atoms with Gasteiger partial charge >= 0.3 is 0 Å². The quantitative estimate of drug-likeness (QED) is 0.867. The Morgan fingerprint density at radius 3 is 2.71 bits per heavy atom. The summed E-state index contributed by atoms with van der Waals surface area (Å²) < 4.78 is 5.48. The predicted molar refractivity (Wildman–Crippen MR) is 89.7 cm³/mol. The Labute approximate surface area is 132 Å². The third-order valence-electron chi connectivity index (χ3n) is 4.47. The molecule has 114 valence electrons. The van der Waals surface area contributed by atoms with Crippen molar-refractivity contribution in [3.05, 3.63) is 24.3 Å². The molecule has 0 atom stereocenters. The lowest BCUT2D eigenvalue weighted by atomic mass is 9.94. The third-order valence-corrected chi connectivity index (χ3v) is 4.83. The summed E-state index contributed by atoms with van der Waals surface area (Å²) in [6, 6.07) is 8.74. The van der Waals surface area contributed by atoms with Gasteiger partial charge in [-0.2, -0.15) is 0 Å². The highest BCUT2D eigenvalue weighted by atomic mass is 32.1. The van der Waals surface area contributed by atoms with Crippen molar-refractivity contribution < 1.29 is 4.74 Å². The smallest absolute Gasteiger partial charge is 0.175 e. The summed E-state index contributed by atoms with van der Waals surface area (Å²) in [5.41, 5.74) is 1.04. The highest BCUT2D eigenvalue weighted by Crippen LogP contribution is 2.30. The van der Waals surface area contributed by atoms with Crippen LogP contribution in [0, 0.1) is 0 Å². The zero-order valence-electron chi connectivity index (χ0n) is 12.5. The first-order chi connectivity index (χ1) is 10.3. The van der Waals surface area contributed by atoms with Crippen molar-refractivity contribution in [1.29, 1.82) is 0 Å². The van der Waals surface area contributed by atoms with E-state index in [-0.39, 0.29) is 0 Å². The summed E-state index contributed by atoms with van der Waals surface area (Å²) in [5, 5.41) is 4.14. The van der Waals surface area contributed by atoms with Crippen molar-refractivity contribution in [1.82, 2.24) is 10.2 Å². The van der Waals surface area contributed by atoms with E-state index in [9.17, 15) is 0 Å². The molecule has 21 heavy (non-hydrogen) atoms. The van der Waals surface area contributed by atoms with Crippen molar-refractivity contribution in [3.8, 4) is 5.75 Å². The van der Waals surface area contributed by atoms with Crippen LogP contribution in [0.4, 0.5) is 5.69 Å². The molecule has 5 heteroatoms. The fourth-order valence-corrected chi connectivity index (χ4v) is 3.51. The Morgan fingerprint density at radius 1 is 1.19 bits per heavy atom. The van der Waals surface area contributed by atoms with Gasteiger partial charge in [0.2, 0.25) is 0 Å². The van der Waals surface area contributed by atoms with Gasteiger partial charge in [0.15, 0.2) is 5.11 Å². The van der Waals surface area contributed by atoms with E-state index in [1.807, 2.05) is 18.2 Å². The summed E-state index contributed by atoms with van der Waals surface area (Å²) in [4.78, 5) is 4.65. The Balaban J connectivity index is 1.78. The Kier molecular flexibility index (Phi) is 4.60. The van der Waals surface area contributed by atoms with Gasteiger partial charge in [0.05, 0.1) is 26.1 Å². The first-order valence-corrected chi connectivity index (χ1v) is 8.13. The maximum absolute atomic E-state index is 5.50. The molecule has 1 aromatic carbocycles. The second kappa shape index (κ2) is 6.62. The molecule has 0 unspecified atom stereocenters. The van der Waals surface area contributed by atoms with Gasteiger partial charge in [-0.25, -0.2) is 0 Å². The lowest BCUT2D eigenvalue weighted by molar-refractivity contribution is 0.148. The molecule has 1 saturated carbocycles. The Bertz CT molecular complexity index is 502. The number of nitrogens with zero attached hydrogens (tertiary/aromatic N) is 2. The number of hydrogen-bond donors (Lipinski definition) is 1. The molecule has 1 aliphatic heterocycles. The molecule has 0 aromatic heterocycles. The van der Waals surface area contributed by atoms with Crippen LogP contribution < -0.4 is 15.0 Å². The maximum Gasteiger partial charge on any atom is 0.175 e. The van der Waals surface area contributed by atoms with Crippen LogP contribution in [0.15, 0.2) is 24.3 Å². The summed E-state index contributed by atoms with van der Waals surface area (Å²) in [5.74, 6) is 0.868. The molecule has 1 N–H and O–H groups in total. The average Bonchev–Trinajstić information content (AvgIpc) is 2.56. The van der Waals surface area contributed by atoms with Crippen LogP contribution in [-0.2, 0) is 0 Å². The van der Waals surface area contributed by atoms with E-state index >= 15 is 0 Å². The van der Waals surface area contributed by atoms with Crippen LogP contribution in [-0.4, -0.2) is 36.5 Å². The molecular formula is C16H23N3OS. The molecule has 1 aromatic rings. The van der Waals surface area contributed by atoms with E-state index in [2.05, 4.69) is 21.2 Å². The SMILES string of the molecule is COc1ccccc1N1CN(C2CCCCC2)CNC1=S. The molecule has 1 saturated heterocycles. The molecule has 0 amide bonds. The normalized spacial score (nSPS) is 21.2. The molecule has 0 bridgehead atoms. The minimum atomic E-state index is 0.673. The first kappa shape index (κ1) is 14.6. The van der Waals surface area contributed by atoms with E-state index in [0.717, 1.165) is 29.9 Å². The maximum atomic E-state index is 5.50. The van der Waals surface area contributed by atoms with Crippen LogP contribution in [0.25, 0.3) is 0 Å². The number of methoxy groups -OCH3 is 1. The van der Waals surface area contributed by atoms with Gasteiger partial charge < -0.3 is 15.0 Å². The molecule has 4 nitrogen and oxygen atoms in total. The van der Waals surface area contributed by atoms with Crippen molar-refractivity contribution in [2.45, 2.75) is 38.1 Å². The average molecular weight is 305 g/mol.